The Hall–Kier alpha value is -1.71. The third kappa shape index (κ3) is 4.65. The number of aryl methyl sites for hydroxylation is 1. The number of benzene rings is 1. The summed E-state index contributed by atoms with van der Waals surface area (Å²) in [5.74, 6) is 0. The summed E-state index contributed by atoms with van der Waals surface area (Å²) in [4.78, 5) is 6.67. The highest BCUT2D eigenvalue weighted by Crippen LogP contribution is 2.15. The highest BCUT2D eigenvalue weighted by Gasteiger charge is 2.20. The molecule has 1 aromatic carbocycles. The Morgan fingerprint density at radius 2 is 1.95 bits per heavy atom. The minimum absolute atomic E-state index is 0.370. The van der Waals surface area contributed by atoms with Crippen molar-refractivity contribution in [1.82, 2.24) is 9.88 Å². The molecule has 0 spiro atoms. The summed E-state index contributed by atoms with van der Waals surface area (Å²) in [6.07, 6.45) is 7.63. The predicted octanol–water partition coefficient (Wildman–Crippen LogP) is 3.31. The molecule has 3 heteroatoms. The maximum Gasteiger partial charge on any atom is 0.0702 e. The summed E-state index contributed by atoms with van der Waals surface area (Å²) < 4.78 is 5.93. The fourth-order valence-corrected chi connectivity index (χ4v) is 3.03. The van der Waals surface area contributed by atoms with E-state index in [-0.39, 0.29) is 0 Å². The van der Waals surface area contributed by atoms with E-state index in [1.54, 1.807) is 0 Å². The lowest BCUT2D eigenvalue weighted by Crippen LogP contribution is -2.41. The van der Waals surface area contributed by atoms with Crippen molar-refractivity contribution in [3.8, 4) is 0 Å². The zero-order valence-corrected chi connectivity index (χ0v) is 13.0. The molecule has 116 valence electrons. The van der Waals surface area contributed by atoms with Gasteiger partial charge in [0, 0.05) is 32.0 Å². The minimum Gasteiger partial charge on any atom is -0.376 e. The van der Waals surface area contributed by atoms with E-state index < -0.39 is 0 Å². The average Bonchev–Trinajstić information content (AvgIpc) is 2.57. The zero-order chi connectivity index (χ0) is 15.0. The predicted molar refractivity (Wildman–Crippen MR) is 88.6 cm³/mol. The second-order valence-corrected chi connectivity index (χ2v) is 5.97. The van der Waals surface area contributed by atoms with E-state index >= 15 is 0 Å². The standard InChI is InChI=1S/C19H24N2O/c1-2-6-17(7-3-1)8-4-10-19-16-21(12-13-22-19)15-18-9-5-11-20-14-18/h1-3,5-7,9,11,14,19H,4,8,10,12-13,15-16H2. The molecule has 3 nitrogen and oxygen atoms in total. The Labute approximate surface area is 132 Å². The number of hydrogen-bond donors (Lipinski definition) is 0. The maximum absolute atomic E-state index is 5.93. The Kier molecular flexibility index (Phi) is 5.57. The van der Waals surface area contributed by atoms with Gasteiger partial charge in [-0.2, -0.15) is 0 Å². The van der Waals surface area contributed by atoms with Gasteiger partial charge in [0.1, 0.15) is 0 Å². The molecule has 1 aliphatic rings. The van der Waals surface area contributed by atoms with Crippen molar-refractivity contribution in [2.75, 3.05) is 19.7 Å². The summed E-state index contributed by atoms with van der Waals surface area (Å²) in [5.41, 5.74) is 2.71. The number of hydrogen-bond acceptors (Lipinski definition) is 3. The molecule has 1 unspecified atom stereocenters. The van der Waals surface area contributed by atoms with Gasteiger partial charge in [0.25, 0.3) is 0 Å². The molecule has 0 aliphatic carbocycles. The first-order valence-corrected chi connectivity index (χ1v) is 8.17. The monoisotopic (exact) mass is 296 g/mol. The number of aromatic nitrogens is 1. The molecule has 2 aromatic rings. The van der Waals surface area contributed by atoms with Crippen LogP contribution in [0.3, 0.4) is 0 Å². The number of rotatable bonds is 6. The first-order valence-electron chi connectivity index (χ1n) is 8.17. The van der Waals surface area contributed by atoms with Crippen LogP contribution in [0.15, 0.2) is 54.9 Å². The fourth-order valence-electron chi connectivity index (χ4n) is 3.03. The molecule has 22 heavy (non-hydrogen) atoms. The van der Waals surface area contributed by atoms with Gasteiger partial charge in [-0.15, -0.1) is 0 Å². The average molecular weight is 296 g/mol. The summed E-state index contributed by atoms with van der Waals surface area (Å²) in [6, 6.07) is 14.9. The molecule has 1 aliphatic heterocycles. The number of nitrogens with zero attached hydrogens (tertiary/aromatic N) is 2. The molecular weight excluding hydrogens is 272 g/mol. The maximum atomic E-state index is 5.93. The quantitative estimate of drug-likeness (QED) is 0.818. The van der Waals surface area contributed by atoms with Crippen molar-refractivity contribution in [1.29, 1.82) is 0 Å². The van der Waals surface area contributed by atoms with Crippen LogP contribution in [0, 0.1) is 0 Å². The molecule has 0 amide bonds. The summed E-state index contributed by atoms with van der Waals surface area (Å²) >= 11 is 0. The first kappa shape index (κ1) is 15.2. The Bertz CT molecular complexity index is 544. The molecule has 1 aromatic heterocycles. The van der Waals surface area contributed by atoms with Gasteiger partial charge in [-0.1, -0.05) is 36.4 Å². The van der Waals surface area contributed by atoms with Crippen molar-refractivity contribution in [2.45, 2.75) is 31.9 Å². The number of pyridine rings is 1. The smallest absolute Gasteiger partial charge is 0.0702 e. The molecular formula is C19H24N2O. The molecule has 0 saturated carbocycles. The second-order valence-electron chi connectivity index (χ2n) is 5.97. The summed E-state index contributed by atoms with van der Waals surface area (Å²) in [6.45, 7) is 3.87. The lowest BCUT2D eigenvalue weighted by atomic mass is 10.0. The Morgan fingerprint density at radius 1 is 1.09 bits per heavy atom. The molecule has 2 heterocycles. The van der Waals surface area contributed by atoms with Crippen molar-refractivity contribution in [3.05, 3.63) is 66.0 Å². The molecule has 1 saturated heterocycles. The molecule has 0 N–H and O–H groups in total. The fraction of sp³-hybridized carbons (Fsp3) is 0.421. The van der Waals surface area contributed by atoms with E-state index in [0.29, 0.717) is 6.10 Å². The van der Waals surface area contributed by atoms with Crippen LogP contribution >= 0.6 is 0 Å². The van der Waals surface area contributed by atoms with Gasteiger partial charge in [0.05, 0.1) is 12.7 Å². The van der Waals surface area contributed by atoms with Crippen LogP contribution in [0.4, 0.5) is 0 Å². The van der Waals surface area contributed by atoms with Crippen LogP contribution in [0.1, 0.15) is 24.0 Å². The molecule has 0 radical (unpaired) electrons. The minimum atomic E-state index is 0.370. The highest BCUT2D eigenvalue weighted by atomic mass is 16.5. The van der Waals surface area contributed by atoms with Crippen LogP contribution in [-0.2, 0) is 17.7 Å². The third-order valence-electron chi connectivity index (χ3n) is 4.19. The lowest BCUT2D eigenvalue weighted by Gasteiger charge is -2.33. The van der Waals surface area contributed by atoms with Gasteiger partial charge in [-0.3, -0.25) is 9.88 Å². The van der Waals surface area contributed by atoms with Gasteiger partial charge >= 0.3 is 0 Å². The number of morpholine rings is 1. The van der Waals surface area contributed by atoms with Crippen molar-refractivity contribution < 1.29 is 4.74 Å². The van der Waals surface area contributed by atoms with Crippen LogP contribution in [0.25, 0.3) is 0 Å². The van der Waals surface area contributed by atoms with E-state index in [2.05, 4.69) is 46.3 Å². The summed E-state index contributed by atoms with van der Waals surface area (Å²) in [5, 5.41) is 0. The van der Waals surface area contributed by atoms with Crippen molar-refractivity contribution >= 4 is 0 Å². The largest absolute Gasteiger partial charge is 0.376 e. The van der Waals surface area contributed by atoms with Gasteiger partial charge in [-0.05, 0) is 36.5 Å². The number of ether oxygens (including phenoxy) is 1. The van der Waals surface area contributed by atoms with Gasteiger partial charge in [0.2, 0.25) is 0 Å². The van der Waals surface area contributed by atoms with Gasteiger partial charge in [-0.25, -0.2) is 0 Å². The normalized spacial score (nSPS) is 19.2. The van der Waals surface area contributed by atoms with Gasteiger partial charge < -0.3 is 4.74 Å². The summed E-state index contributed by atoms with van der Waals surface area (Å²) in [7, 11) is 0. The Balaban J connectivity index is 1.42. The molecule has 1 atom stereocenters. The van der Waals surface area contributed by atoms with Crippen LogP contribution in [0.5, 0.6) is 0 Å². The van der Waals surface area contributed by atoms with Crippen molar-refractivity contribution in [2.24, 2.45) is 0 Å². The topological polar surface area (TPSA) is 25.4 Å². The van der Waals surface area contributed by atoms with Gasteiger partial charge in [0.15, 0.2) is 0 Å². The third-order valence-corrected chi connectivity index (χ3v) is 4.19. The Morgan fingerprint density at radius 3 is 2.77 bits per heavy atom. The first-order chi connectivity index (χ1) is 10.9. The van der Waals surface area contributed by atoms with E-state index in [1.165, 1.54) is 17.5 Å². The van der Waals surface area contributed by atoms with Crippen molar-refractivity contribution in [3.63, 3.8) is 0 Å². The van der Waals surface area contributed by atoms with E-state index in [9.17, 15) is 0 Å². The molecule has 1 fully saturated rings. The van der Waals surface area contributed by atoms with E-state index in [0.717, 1.165) is 39.1 Å². The second kappa shape index (κ2) is 8.06. The van der Waals surface area contributed by atoms with E-state index in [4.69, 9.17) is 4.74 Å². The lowest BCUT2D eigenvalue weighted by molar-refractivity contribution is -0.0355. The van der Waals surface area contributed by atoms with Crippen LogP contribution < -0.4 is 0 Å². The van der Waals surface area contributed by atoms with Crippen LogP contribution in [-0.4, -0.2) is 35.7 Å². The highest BCUT2D eigenvalue weighted by molar-refractivity contribution is 5.14. The SMILES string of the molecule is c1ccc(CCCC2CN(Cc3cccnc3)CCO2)cc1. The van der Waals surface area contributed by atoms with Crippen LogP contribution in [0.2, 0.25) is 0 Å². The molecule has 0 bridgehead atoms. The zero-order valence-electron chi connectivity index (χ0n) is 13.0. The van der Waals surface area contributed by atoms with E-state index in [1.807, 2.05) is 18.5 Å². The molecule has 3 rings (SSSR count).